The summed E-state index contributed by atoms with van der Waals surface area (Å²) in [5.41, 5.74) is 1.81. The molecular formula is C20H18N2O5S2. The number of aryl methyl sites for hydroxylation is 2. The number of esters is 1. The molecule has 0 radical (unpaired) electrons. The third-order valence-corrected chi connectivity index (χ3v) is 5.99. The van der Waals surface area contributed by atoms with Crippen LogP contribution in [0.3, 0.4) is 0 Å². The van der Waals surface area contributed by atoms with Crippen LogP contribution in [-0.2, 0) is 4.74 Å². The molecule has 3 aromatic rings. The lowest BCUT2D eigenvalue weighted by atomic mass is 10.2. The topological polar surface area (TPSA) is 91.6 Å². The Balaban J connectivity index is 1.69. The van der Waals surface area contributed by atoms with Gasteiger partial charge in [-0.15, -0.1) is 11.3 Å². The van der Waals surface area contributed by atoms with Crippen LogP contribution in [0.4, 0.5) is 5.69 Å². The van der Waals surface area contributed by atoms with Gasteiger partial charge >= 0.3 is 5.97 Å². The van der Waals surface area contributed by atoms with Gasteiger partial charge in [0.2, 0.25) is 0 Å². The molecule has 0 amide bonds. The quantitative estimate of drug-likeness (QED) is 0.214. The lowest BCUT2D eigenvalue weighted by molar-refractivity contribution is -0.384. The number of ether oxygens (including phenoxy) is 2. The van der Waals surface area contributed by atoms with Crippen LogP contribution < -0.4 is 4.74 Å². The summed E-state index contributed by atoms with van der Waals surface area (Å²) in [6.45, 7) is 4.00. The van der Waals surface area contributed by atoms with Gasteiger partial charge in [-0.25, -0.2) is 9.78 Å². The van der Waals surface area contributed by atoms with E-state index in [4.69, 9.17) is 9.47 Å². The van der Waals surface area contributed by atoms with Crippen molar-refractivity contribution in [3.8, 4) is 5.75 Å². The number of carbonyl (C=O) groups excluding carboxylic acids is 1. The van der Waals surface area contributed by atoms with Crippen LogP contribution in [0.1, 0.15) is 21.6 Å². The number of non-ortho nitro benzene ring substituents is 1. The molecule has 9 heteroatoms. The van der Waals surface area contributed by atoms with E-state index in [1.165, 1.54) is 35.2 Å². The van der Waals surface area contributed by atoms with Crippen molar-refractivity contribution in [2.75, 3.05) is 13.2 Å². The molecule has 0 saturated carbocycles. The van der Waals surface area contributed by atoms with Gasteiger partial charge in [0.25, 0.3) is 5.69 Å². The summed E-state index contributed by atoms with van der Waals surface area (Å²) in [6, 6.07) is 11.7. The number of rotatable bonds is 8. The van der Waals surface area contributed by atoms with Crippen molar-refractivity contribution >= 4 is 34.8 Å². The predicted molar refractivity (Wildman–Crippen MR) is 111 cm³/mol. The van der Waals surface area contributed by atoms with Crippen LogP contribution in [0.25, 0.3) is 0 Å². The van der Waals surface area contributed by atoms with Crippen LogP contribution in [0.2, 0.25) is 0 Å². The highest BCUT2D eigenvalue weighted by Crippen LogP contribution is 2.34. The maximum absolute atomic E-state index is 12.6. The van der Waals surface area contributed by atoms with Crippen molar-refractivity contribution in [3.63, 3.8) is 0 Å². The summed E-state index contributed by atoms with van der Waals surface area (Å²) in [7, 11) is 0. The SMILES string of the molecule is Cc1csc(Sc2ccc([N+](=O)[O-])cc2C(=O)OCCOc2ccccc2C)n1. The zero-order valence-electron chi connectivity index (χ0n) is 15.8. The molecule has 0 bridgehead atoms. The Kier molecular flexibility index (Phi) is 6.84. The van der Waals surface area contributed by atoms with Crippen LogP contribution >= 0.6 is 23.1 Å². The molecule has 150 valence electrons. The number of carbonyl (C=O) groups is 1. The van der Waals surface area contributed by atoms with Gasteiger partial charge in [-0.3, -0.25) is 10.1 Å². The van der Waals surface area contributed by atoms with Gasteiger partial charge in [-0.1, -0.05) is 30.0 Å². The Bertz CT molecular complexity index is 1040. The molecule has 0 unspecified atom stereocenters. The fourth-order valence-electron chi connectivity index (χ4n) is 2.44. The zero-order valence-corrected chi connectivity index (χ0v) is 17.4. The van der Waals surface area contributed by atoms with E-state index in [0.29, 0.717) is 10.6 Å². The van der Waals surface area contributed by atoms with Crippen molar-refractivity contribution in [3.05, 3.63) is 74.8 Å². The molecule has 2 aromatic carbocycles. The Morgan fingerprint density at radius 3 is 2.69 bits per heavy atom. The first kappa shape index (κ1) is 20.8. The molecule has 1 heterocycles. The molecule has 0 N–H and O–H groups in total. The van der Waals surface area contributed by atoms with Crippen molar-refractivity contribution < 1.29 is 19.2 Å². The Morgan fingerprint density at radius 1 is 1.21 bits per heavy atom. The fourth-order valence-corrected chi connectivity index (χ4v) is 4.33. The highest BCUT2D eigenvalue weighted by molar-refractivity contribution is 8.01. The molecule has 0 atom stereocenters. The molecule has 29 heavy (non-hydrogen) atoms. The molecule has 0 aliphatic carbocycles. The number of nitro groups is 1. The Hall–Kier alpha value is -2.91. The zero-order chi connectivity index (χ0) is 20.8. The molecule has 1 aromatic heterocycles. The number of nitrogens with zero attached hydrogens (tertiary/aromatic N) is 2. The number of para-hydroxylation sites is 1. The normalized spacial score (nSPS) is 10.6. The van der Waals surface area contributed by atoms with E-state index in [1.807, 2.05) is 43.5 Å². The van der Waals surface area contributed by atoms with E-state index in [0.717, 1.165) is 15.6 Å². The van der Waals surface area contributed by atoms with Crippen molar-refractivity contribution in [2.24, 2.45) is 0 Å². The standard InChI is InChI=1S/C20H18N2O5S2/c1-13-5-3-4-6-17(13)26-9-10-27-19(23)16-11-15(22(24)25)7-8-18(16)29-20-21-14(2)12-28-20/h3-8,11-12H,9-10H2,1-2H3. The lowest BCUT2D eigenvalue weighted by Gasteiger charge is -2.11. The maximum Gasteiger partial charge on any atom is 0.339 e. The van der Waals surface area contributed by atoms with Gasteiger partial charge in [0.15, 0.2) is 4.34 Å². The summed E-state index contributed by atoms with van der Waals surface area (Å²) in [5, 5.41) is 13.0. The van der Waals surface area contributed by atoms with Gasteiger partial charge < -0.3 is 9.47 Å². The second-order valence-electron chi connectivity index (χ2n) is 6.04. The summed E-state index contributed by atoms with van der Waals surface area (Å²) in [5.74, 6) is 0.0761. The van der Waals surface area contributed by atoms with Gasteiger partial charge in [0, 0.05) is 28.1 Å². The van der Waals surface area contributed by atoms with E-state index < -0.39 is 10.9 Å². The Labute approximate surface area is 175 Å². The molecular weight excluding hydrogens is 412 g/mol. The summed E-state index contributed by atoms with van der Waals surface area (Å²) >= 11 is 2.72. The van der Waals surface area contributed by atoms with Crippen LogP contribution in [0.15, 0.2) is 57.1 Å². The van der Waals surface area contributed by atoms with E-state index in [1.54, 1.807) is 6.07 Å². The highest BCUT2D eigenvalue weighted by Gasteiger charge is 2.19. The number of nitro benzene ring substituents is 1. The number of thiazole rings is 1. The van der Waals surface area contributed by atoms with E-state index in [-0.39, 0.29) is 24.5 Å². The van der Waals surface area contributed by atoms with E-state index >= 15 is 0 Å². The van der Waals surface area contributed by atoms with Gasteiger partial charge in [-0.05, 0) is 31.5 Å². The van der Waals surface area contributed by atoms with Gasteiger partial charge in [0.1, 0.15) is 19.0 Å². The minimum Gasteiger partial charge on any atom is -0.490 e. The second-order valence-corrected chi connectivity index (χ2v) is 8.19. The summed E-state index contributed by atoms with van der Waals surface area (Å²) in [6.07, 6.45) is 0. The van der Waals surface area contributed by atoms with Crippen LogP contribution in [0, 0.1) is 24.0 Å². The van der Waals surface area contributed by atoms with Crippen molar-refractivity contribution in [1.82, 2.24) is 4.98 Å². The van der Waals surface area contributed by atoms with Gasteiger partial charge in [0.05, 0.1) is 10.5 Å². The third-order valence-electron chi connectivity index (χ3n) is 3.86. The molecule has 7 nitrogen and oxygen atoms in total. The number of hydrogen-bond donors (Lipinski definition) is 0. The highest BCUT2D eigenvalue weighted by atomic mass is 32.2. The largest absolute Gasteiger partial charge is 0.490 e. The average molecular weight is 431 g/mol. The first-order valence-corrected chi connectivity index (χ1v) is 10.4. The maximum atomic E-state index is 12.6. The fraction of sp³-hybridized carbons (Fsp3) is 0.200. The molecule has 0 aliphatic rings. The number of benzene rings is 2. The van der Waals surface area contributed by atoms with E-state index in [2.05, 4.69) is 4.98 Å². The monoisotopic (exact) mass is 430 g/mol. The lowest BCUT2D eigenvalue weighted by Crippen LogP contribution is -2.13. The first-order valence-electron chi connectivity index (χ1n) is 8.68. The molecule has 0 saturated heterocycles. The number of hydrogen-bond acceptors (Lipinski definition) is 8. The van der Waals surface area contributed by atoms with Crippen LogP contribution in [0.5, 0.6) is 5.75 Å². The summed E-state index contributed by atoms with van der Waals surface area (Å²) < 4.78 is 11.6. The Morgan fingerprint density at radius 2 is 2.00 bits per heavy atom. The van der Waals surface area contributed by atoms with Crippen LogP contribution in [-0.4, -0.2) is 29.1 Å². The smallest absolute Gasteiger partial charge is 0.339 e. The third kappa shape index (κ3) is 5.55. The number of aromatic nitrogens is 1. The summed E-state index contributed by atoms with van der Waals surface area (Å²) in [4.78, 5) is 28.1. The average Bonchev–Trinajstić information content (AvgIpc) is 3.11. The minimum atomic E-state index is -0.641. The molecule has 3 rings (SSSR count). The molecule has 0 aliphatic heterocycles. The second kappa shape index (κ2) is 9.53. The van der Waals surface area contributed by atoms with E-state index in [9.17, 15) is 14.9 Å². The van der Waals surface area contributed by atoms with Crippen molar-refractivity contribution in [2.45, 2.75) is 23.1 Å². The first-order chi connectivity index (χ1) is 13.9. The van der Waals surface area contributed by atoms with Crippen molar-refractivity contribution in [1.29, 1.82) is 0 Å². The molecule has 0 fully saturated rings. The predicted octanol–water partition coefficient (Wildman–Crippen LogP) is 5.06. The molecule has 0 spiro atoms. The van der Waals surface area contributed by atoms with Gasteiger partial charge in [-0.2, -0.15) is 0 Å². The minimum absolute atomic E-state index is 0.0241.